The minimum atomic E-state index is 0.156. The van der Waals surface area contributed by atoms with Crippen LogP contribution in [0.1, 0.15) is 29.3 Å². The zero-order chi connectivity index (χ0) is 17.1. The normalized spacial score (nSPS) is 16.4. The van der Waals surface area contributed by atoms with Gasteiger partial charge in [0.15, 0.2) is 0 Å². The van der Waals surface area contributed by atoms with E-state index in [0.29, 0.717) is 6.42 Å². The minimum absolute atomic E-state index is 0.156. The van der Waals surface area contributed by atoms with Crippen LogP contribution in [0.2, 0.25) is 0 Å². The van der Waals surface area contributed by atoms with Gasteiger partial charge in [-0.1, -0.05) is 5.16 Å². The lowest BCUT2D eigenvalue weighted by atomic mass is 10.1. The van der Waals surface area contributed by atoms with Crippen LogP contribution in [0.5, 0.6) is 0 Å². The Hall–Kier alpha value is -2.15. The first-order chi connectivity index (χ1) is 11.5. The van der Waals surface area contributed by atoms with Crippen LogP contribution >= 0.6 is 0 Å². The van der Waals surface area contributed by atoms with Crippen molar-refractivity contribution in [2.75, 3.05) is 26.2 Å². The fourth-order valence-electron chi connectivity index (χ4n) is 3.14. The van der Waals surface area contributed by atoms with Crippen molar-refractivity contribution < 1.29 is 9.32 Å². The average molecular weight is 331 g/mol. The maximum absolute atomic E-state index is 12.6. The van der Waals surface area contributed by atoms with Crippen molar-refractivity contribution in [1.82, 2.24) is 24.5 Å². The molecule has 2 aromatic rings. The third kappa shape index (κ3) is 3.67. The molecule has 7 heteroatoms. The zero-order valence-corrected chi connectivity index (χ0v) is 14.7. The lowest BCUT2D eigenvalue weighted by molar-refractivity contribution is -0.130. The molecule has 0 aromatic carbocycles. The second-order valence-corrected chi connectivity index (χ2v) is 6.44. The van der Waals surface area contributed by atoms with E-state index >= 15 is 0 Å². The largest absolute Gasteiger partial charge is 0.361 e. The Morgan fingerprint density at radius 1 is 1.25 bits per heavy atom. The monoisotopic (exact) mass is 331 g/mol. The lowest BCUT2D eigenvalue weighted by Gasteiger charge is -2.22. The molecule has 1 aliphatic rings. The second-order valence-electron chi connectivity index (χ2n) is 6.44. The Bertz CT molecular complexity index is 686. The van der Waals surface area contributed by atoms with Gasteiger partial charge in [-0.3, -0.25) is 9.69 Å². The molecule has 1 aliphatic heterocycles. The number of hydrogen-bond donors (Lipinski definition) is 0. The highest BCUT2D eigenvalue weighted by Gasteiger charge is 2.22. The number of aryl methyl sites for hydroxylation is 3. The number of hydrogen-bond acceptors (Lipinski definition) is 5. The van der Waals surface area contributed by atoms with Crippen LogP contribution in [-0.2, 0) is 24.8 Å². The molecule has 130 valence electrons. The summed E-state index contributed by atoms with van der Waals surface area (Å²) in [6.07, 6.45) is 5.15. The number of nitrogens with zero attached hydrogens (tertiary/aromatic N) is 5. The van der Waals surface area contributed by atoms with Gasteiger partial charge < -0.3 is 14.0 Å². The fourth-order valence-corrected chi connectivity index (χ4v) is 3.14. The van der Waals surface area contributed by atoms with Crippen molar-refractivity contribution >= 4 is 5.91 Å². The van der Waals surface area contributed by atoms with Crippen LogP contribution in [-0.4, -0.2) is 56.6 Å². The molecular formula is C17H25N5O2. The molecule has 24 heavy (non-hydrogen) atoms. The van der Waals surface area contributed by atoms with Gasteiger partial charge in [-0.15, -0.1) is 0 Å². The highest BCUT2D eigenvalue weighted by atomic mass is 16.5. The van der Waals surface area contributed by atoms with Crippen LogP contribution in [0, 0.1) is 13.8 Å². The van der Waals surface area contributed by atoms with E-state index in [9.17, 15) is 4.79 Å². The molecule has 3 heterocycles. The van der Waals surface area contributed by atoms with Crippen LogP contribution in [0.4, 0.5) is 0 Å². The molecule has 1 saturated heterocycles. The van der Waals surface area contributed by atoms with E-state index in [4.69, 9.17) is 4.52 Å². The summed E-state index contributed by atoms with van der Waals surface area (Å²) in [6.45, 7) is 8.00. The van der Waals surface area contributed by atoms with Gasteiger partial charge in [0.2, 0.25) is 5.91 Å². The van der Waals surface area contributed by atoms with Crippen molar-refractivity contribution in [3.63, 3.8) is 0 Å². The van der Waals surface area contributed by atoms with Crippen LogP contribution in [0.25, 0.3) is 0 Å². The quantitative estimate of drug-likeness (QED) is 0.845. The van der Waals surface area contributed by atoms with Crippen molar-refractivity contribution in [1.29, 1.82) is 0 Å². The number of amides is 1. The molecule has 1 amide bonds. The molecule has 0 N–H and O–H groups in total. The molecule has 0 saturated carbocycles. The summed E-state index contributed by atoms with van der Waals surface area (Å²) in [5, 5.41) is 3.93. The Morgan fingerprint density at radius 3 is 2.75 bits per heavy atom. The molecule has 0 spiro atoms. The molecule has 0 unspecified atom stereocenters. The molecule has 1 fully saturated rings. The summed E-state index contributed by atoms with van der Waals surface area (Å²) in [7, 11) is 2.01. The van der Waals surface area contributed by atoms with Gasteiger partial charge in [-0.2, -0.15) is 0 Å². The molecule has 0 bridgehead atoms. The summed E-state index contributed by atoms with van der Waals surface area (Å²) >= 11 is 0. The SMILES string of the molecule is Cc1noc(C)c1CC(=O)N1CCCN(Cc2nccn2C)CC1. The summed E-state index contributed by atoms with van der Waals surface area (Å²) in [5.41, 5.74) is 1.74. The van der Waals surface area contributed by atoms with Gasteiger partial charge >= 0.3 is 0 Å². The van der Waals surface area contributed by atoms with Gasteiger partial charge in [0.05, 0.1) is 18.7 Å². The third-order valence-electron chi connectivity index (χ3n) is 4.74. The highest BCUT2D eigenvalue weighted by molar-refractivity contribution is 5.79. The molecular weight excluding hydrogens is 306 g/mol. The lowest BCUT2D eigenvalue weighted by Crippen LogP contribution is -2.36. The van der Waals surface area contributed by atoms with Gasteiger partial charge in [0, 0.05) is 51.2 Å². The molecule has 3 rings (SSSR count). The number of aromatic nitrogens is 3. The van der Waals surface area contributed by atoms with E-state index < -0.39 is 0 Å². The predicted molar refractivity (Wildman–Crippen MR) is 89.4 cm³/mol. The first-order valence-electron chi connectivity index (χ1n) is 8.42. The molecule has 2 aromatic heterocycles. The first kappa shape index (κ1) is 16.7. The van der Waals surface area contributed by atoms with Gasteiger partial charge in [0.1, 0.15) is 11.6 Å². The molecule has 0 atom stereocenters. The van der Waals surface area contributed by atoms with E-state index in [1.807, 2.05) is 42.8 Å². The number of carbonyl (C=O) groups excluding carboxylic acids is 1. The van der Waals surface area contributed by atoms with E-state index in [0.717, 1.165) is 62.0 Å². The van der Waals surface area contributed by atoms with Crippen LogP contribution in [0.15, 0.2) is 16.9 Å². The molecule has 7 nitrogen and oxygen atoms in total. The predicted octanol–water partition coefficient (Wildman–Crippen LogP) is 1.30. The zero-order valence-electron chi connectivity index (χ0n) is 14.7. The Kier molecular flexibility index (Phi) is 4.99. The van der Waals surface area contributed by atoms with E-state index in [2.05, 4.69) is 15.0 Å². The maximum Gasteiger partial charge on any atom is 0.227 e. The summed E-state index contributed by atoms with van der Waals surface area (Å²) < 4.78 is 7.20. The number of rotatable bonds is 4. The highest BCUT2D eigenvalue weighted by Crippen LogP contribution is 2.15. The van der Waals surface area contributed by atoms with Gasteiger partial charge in [0.25, 0.3) is 0 Å². The van der Waals surface area contributed by atoms with Crippen LogP contribution in [0.3, 0.4) is 0 Å². The van der Waals surface area contributed by atoms with E-state index in [1.165, 1.54) is 0 Å². The Morgan fingerprint density at radius 2 is 2.08 bits per heavy atom. The maximum atomic E-state index is 12.6. The summed E-state index contributed by atoms with van der Waals surface area (Å²) in [5.74, 6) is 1.96. The number of imidazole rings is 1. The third-order valence-corrected chi connectivity index (χ3v) is 4.74. The molecule has 0 aliphatic carbocycles. The number of carbonyl (C=O) groups is 1. The van der Waals surface area contributed by atoms with Gasteiger partial charge in [-0.05, 0) is 20.3 Å². The van der Waals surface area contributed by atoms with Crippen molar-refractivity contribution in [2.45, 2.75) is 33.2 Å². The van der Waals surface area contributed by atoms with E-state index in [1.54, 1.807) is 0 Å². The van der Waals surface area contributed by atoms with E-state index in [-0.39, 0.29) is 5.91 Å². The topological polar surface area (TPSA) is 67.4 Å². The first-order valence-corrected chi connectivity index (χ1v) is 8.42. The summed E-state index contributed by atoms with van der Waals surface area (Å²) in [6, 6.07) is 0. The molecule has 0 radical (unpaired) electrons. The second kappa shape index (κ2) is 7.17. The van der Waals surface area contributed by atoms with Crippen molar-refractivity contribution in [3.05, 3.63) is 35.2 Å². The smallest absolute Gasteiger partial charge is 0.227 e. The fraction of sp³-hybridized carbons (Fsp3) is 0.588. The standard InChI is InChI=1S/C17H25N5O2/c1-13-15(14(2)24-19-13)11-17(23)22-7-4-6-21(9-10-22)12-16-18-5-8-20(16)3/h5,8H,4,6-7,9-12H2,1-3H3. The Labute approximate surface area is 142 Å². The Balaban J connectivity index is 1.57. The van der Waals surface area contributed by atoms with Crippen molar-refractivity contribution in [2.24, 2.45) is 7.05 Å². The average Bonchev–Trinajstić information content (AvgIpc) is 2.99. The van der Waals surface area contributed by atoms with Crippen LogP contribution < -0.4 is 0 Å². The van der Waals surface area contributed by atoms with Crippen molar-refractivity contribution in [3.8, 4) is 0 Å². The van der Waals surface area contributed by atoms with Gasteiger partial charge in [-0.25, -0.2) is 4.98 Å². The summed E-state index contributed by atoms with van der Waals surface area (Å²) in [4.78, 5) is 21.3. The minimum Gasteiger partial charge on any atom is -0.361 e.